The van der Waals surface area contributed by atoms with Gasteiger partial charge in [0.15, 0.2) is 0 Å². The number of hydrogen-bond donors (Lipinski definition) is 2. The number of nitrogens with one attached hydrogen (secondary N) is 1. The molecule has 3 aromatic rings. The molecule has 9 heteroatoms. The van der Waals surface area contributed by atoms with Gasteiger partial charge in [-0.3, -0.25) is 0 Å². The summed E-state index contributed by atoms with van der Waals surface area (Å²) in [6.07, 6.45) is 0. The fourth-order valence-corrected chi connectivity index (χ4v) is 2.94. The van der Waals surface area contributed by atoms with Gasteiger partial charge in [-0.1, -0.05) is 6.07 Å². The smallest absolute Gasteiger partial charge is 0.338 e. The van der Waals surface area contributed by atoms with Crippen LogP contribution in [0, 0.1) is 5.82 Å². The van der Waals surface area contributed by atoms with Gasteiger partial charge in [0.05, 0.1) is 11.3 Å². The SMILES string of the molecule is NC(=O)Nc1cccc(C(=O)OCc2csc(COc3ccc(F)cc3)n2)c1. The van der Waals surface area contributed by atoms with Crippen molar-refractivity contribution in [3.8, 4) is 5.75 Å². The van der Waals surface area contributed by atoms with Crippen molar-refractivity contribution < 1.29 is 23.5 Å². The lowest BCUT2D eigenvalue weighted by Gasteiger charge is -2.06. The summed E-state index contributed by atoms with van der Waals surface area (Å²) in [5, 5.41) is 4.86. The highest BCUT2D eigenvalue weighted by Gasteiger charge is 2.11. The van der Waals surface area contributed by atoms with Crippen LogP contribution in [0.25, 0.3) is 0 Å². The zero-order valence-corrected chi connectivity index (χ0v) is 15.4. The van der Waals surface area contributed by atoms with Gasteiger partial charge in [0.1, 0.15) is 29.8 Å². The first-order valence-corrected chi connectivity index (χ1v) is 9.03. The van der Waals surface area contributed by atoms with E-state index in [1.165, 1.54) is 41.7 Å². The Kier molecular flexibility index (Phi) is 6.18. The molecule has 2 amide bonds. The molecule has 0 fully saturated rings. The van der Waals surface area contributed by atoms with Crippen LogP contribution < -0.4 is 15.8 Å². The molecule has 28 heavy (non-hydrogen) atoms. The number of carbonyl (C=O) groups is 2. The molecule has 7 nitrogen and oxygen atoms in total. The van der Waals surface area contributed by atoms with Crippen molar-refractivity contribution in [2.24, 2.45) is 5.73 Å². The minimum Gasteiger partial charge on any atom is -0.486 e. The van der Waals surface area contributed by atoms with E-state index < -0.39 is 12.0 Å². The van der Waals surface area contributed by atoms with Crippen molar-refractivity contribution >= 4 is 29.0 Å². The van der Waals surface area contributed by atoms with E-state index >= 15 is 0 Å². The minimum atomic E-state index is -0.719. The lowest BCUT2D eigenvalue weighted by atomic mass is 10.2. The number of carbonyl (C=O) groups excluding carboxylic acids is 2. The number of halogens is 1. The second kappa shape index (κ2) is 8.96. The molecule has 0 aliphatic rings. The fourth-order valence-electron chi connectivity index (χ4n) is 2.25. The number of nitrogens with zero attached hydrogens (tertiary/aromatic N) is 1. The van der Waals surface area contributed by atoms with Crippen LogP contribution >= 0.6 is 11.3 Å². The van der Waals surface area contributed by atoms with Crippen LogP contribution in [0.15, 0.2) is 53.9 Å². The van der Waals surface area contributed by atoms with E-state index in [0.717, 1.165) is 0 Å². The molecule has 0 aliphatic carbocycles. The third kappa shape index (κ3) is 5.52. The molecule has 0 unspecified atom stereocenters. The Bertz CT molecular complexity index is 975. The van der Waals surface area contributed by atoms with Crippen LogP contribution in [-0.4, -0.2) is 17.0 Å². The predicted octanol–water partition coefficient (Wildman–Crippen LogP) is 3.71. The maximum atomic E-state index is 12.9. The topological polar surface area (TPSA) is 104 Å². The molecule has 0 bridgehead atoms. The second-order valence-electron chi connectivity index (χ2n) is 5.62. The number of aromatic nitrogens is 1. The molecule has 144 valence electrons. The van der Waals surface area contributed by atoms with Crippen molar-refractivity contribution in [2.45, 2.75) is 13.2 Å². The third-order valence-electron chi connectivity index (χ3n) is 3.49. The van der Waals surface area contributed by atoms with Gasteiger partial charge in [0.25, 0.3) is 0 Å². The zero-order chi connectivity index (χ0) is 19.9. The number of hydrogen-bond acceptors (Lipinski definition) is 6. The molecule has 2 aromatic carbocycles. The molecule has 0 atom stereocenters. The number of nitrogens with two attached hydrogens (primary N) is 1. The van der Waals surface area contributed by atoms with E-state index in [-0.39, 0.29) is 24.6 Å². The Morgan fingerprint density at radius 1 is 1.14 bits per heavy atom. The molecular weight excluding hydrogens is 385 g/mol. The van der Waals surface area contributed by atoms with Gasteiger partial charge in [0, 0.05) is 11.1 Å². The lowest BCUT2D eigenvalue weighted by molar-refractivity contribution is 0.0468. The number of amides is 2. The molecule has 1 heterocycles. The Hall–Kier alpha value is -3.46. The van der Waals surface area contributed by atoms with E-state index in [4.69, 9.17) is 15.2 Å². The number of esters is 1. The number of urea groups is 1. The molecule has 3 rings (SSSR count). The number of thiazole rings is 1. The first kappa shape index (κ1) is 19.3. The average Bonchev–Trinajstić information content (AvgIpc) is 3.13. The van der Waals surface area contributed by atoms with Gasteiger partial charge >= 0.3 is 12.0 Å². The van der Waals surface area contributed by atoms with E-state index in [9.17, 15) is 14.0 Å². The summed E-state index contributed by atoms with van der Waals surface area (Å²) in [4.78, 5) is 27.4. The molecule has 1 aromatic heterocycles. The third-order valence-corrected chi connectivity index (χ3v) is 4.36. The maximum Gasteiger partial charge on any atom is 0.338 e. The summed E-state index contributed by atoms with van der Waals surface area (Å²) in [6, 6.07) is 11.2. The van der Waals surface area contributed by atoms with Gasteiger partial charge in [-0.2, -0.15) is 0 Å². The standard InChI is InChI=1S/C19H16FN3O4S/c20-13-4-6-16(7-5-13)26-10-17-22-15(11-28-17)9-27-18(24)12-2-1-3-14(8-12)23-19(21)25/h1-8,11H,9-10H2,(H3,21,23,25). The quantitative estimate of drug-likeness (QED) is 0.588. The zero-order valence-electron chi connectivity index (χ0n) is 14.6. The summed E-state index contributed by atoms with van der Waals surface area (Å²) in [6.45, 7) is 0.227. The van der Waals surface area contributed by atoms with Crippen LogP contribution in [0.2, 0.25) is 0 Å². The summed E-state index contributed by atoms with van der Waals surface area (Å²) in [5.74, 6) is -0.346. The second-order valence-corrected chi connectivity index (χ2v) is 6.56. The Balaban J connectivity index is 1.51. The number of primary amides is 1. The van der Waals surface area contributed by atoms with Crippen molar-refractivity contribution in [1.29, 1.82) is 0 Å². The summed E-state index contributed by atoms with van der Waals surface area (Å²) < 4.78 is 23.6. The Morgan fingerprint density at radius 3 is 2.68 bits per heavy atom. The van der Waals surface area contributed by atoms with Gasteiger partial charge in [-0.15, -0.1) is 11.3 Å². The van der Waals surface area contributed by atoms with Crippen molar-refractivity contribution in [2.75, 3.05) is 5.32 Å². The number of anilines is 1. The van der Waals surface area contributed by atoms with Crippen molar-refractivity contribution in [3.63, 3.8) is 0 Å². The molecule has 0 aliphatic heterocycles. The van der Waals surface area contributed by atoms with E-state index in [2.05, 4.69) is 10.3 Å². The van der Waals surface area contributed by atoms with E-state index in [1.54, 1.807) is 23.6 Å². The largest absolute Gasteiger partial charge is 0.486 e. The Morgan fingerprint density at radius 2 is 1.93 bits per heavy atom. The van der Waals surface area contributed by atoms with Gasteiger partial charge < -0.3 is 20.5 Å². The molecule has 3 N–H and O–H groups in total. The summed E-state index contributed by atoms with van der Waals surface area (Å²) >= 11 is 1.37. The monoisotopic (exact) mass is 401 g/mol. The minimum absolute atomic E-state index is 0.000638. The highest BCUT2D eigenvalue weighted by atomic mass is 32.1. The molecule has 0 radical (unpaired) electrons. The molecule has 0 saturated carbocycles. The normalized spacial score (nSPS) is 10.3. The van der Waals surface area contributed by atoms with Crippen LogP contribution in [0.4, 0.5) is 14.9 Å². The van der Waals surface area contributed by atoms with Crippen LogP contribution in [0.3, 0.4) is 0 Å². The molecule has 0 saturated heterocycles. The fraction of sp³-hybridized carbons (Fsp3) is 0.105. The van der Waals surface area contributed by atoms with Gasteiger partial charge in [-0.05, 0) is 42.5 Å². The Labute approximate surface area is 163 Å². The van der Waals surface area contributed by atoms with E-state index in [1.807, 2.05) is 0 Å². The van der Waals surface area contributed by atoms with Crippen LogP contribution in [0.1, 0.15) is 21.1 Å². The van der Waals surface area contributed by atoms with Gasteiger partial charge in [-0.25, -0.2) is 19.0 Å². The first-order chi connectivity index (χ1) is 13.5. The van der Waals surface area contributed by atoms with E-state index in [0.29, 0.717) is 22.1 Å². The maximum absolute atomic E-state index is 12.9. The van der Waals surface area contributed by atoms with Gasteiger partial charge in [0.2, 0.25) is 0 Å². The number of ether oxygens (including phenoxy) is 2. The lowest BCUT2D eigenvalue weighted by Crippen LogP contribution is -2.19. The van der Waals surface area contributed by atoms with Crippen molar-refractivity contribution in [1.82, 2.24) is 4.98 Å². The van der Waals surface area contributed by atoms with Crippen LogP contribution in [0.5, 0.6) is 5.75 Å². The highest BCUT2D eigenvalue weighted by Crippen LogP contribution is 2.17. The number of benzene rings is 2. The molecular formula is C19H16FN3O4S. The number of rotatable bonds is 7. The average molecular weight is 401 g/mol. The first-order valence-electron chi connectivity index (χ1n) is 8.15. The van der Waals surface area contributed by atoms with Crippen molar-refractivity contribution in [3.05, 3.63) is 76.0 Å². The van der Waals surface area contributed by atoms with Crippen LogP contribution in [-0.2, 0) is 18.0 Å². The summed E-state index contributed by atoms with van der Waals surface area (Å²) in [7, 11) is 0. The highest BCUT2D eigenvalue weighted by molar-refractivity contribution is 7.09. The summed E-state index contributed by atoms with van der Waals surface area (Å²) in [5.41, 5.74) is 6.32. The predicted molar refractivity (Wildman–Crippen MR) is 102 cm³/mol. The molecule has 0 spiro atoms.